The molecule has 0 radical (unpaired) electrons. The van der Waals surface area contributed by atoms with Gasteiger partial charge in [0.1, 0.15) is 0 Å². The normalized spacial score (nSPS) is 13.0. The standard InChI is InChI=1S/C26H29N3O7S/c1-17-7-13-20(14-8-17)37(34,35)28-26(33)27-19-11-9-18(10-12-19)25(32)36-16-4-15-29-23(30)21-5-2-3-6-22(21)24(29)31/h7-14,30-31H,2-6,15-16H2,1H3,(H2,27,28,33). The van der Waals surface area contributed by atoms with Crippen LogP contribution < -0.4 is 10.0 Å². The highest BCUT2D eigenvalue weighted by molar-refractivity contribution is 7.90. The smallest absolute Gasteiger partial charge is 0.338 e. The molecule has 3 aromatic rings. The van der Waals surface area contributed by atoms with Gasteiger partial charge in [-0.15, -0.1) is 0 Å². The molecule has 0 saturated heterocycles. The van der Waals surface area contributed by atoms with Gasteiger partial charge in [0, 0.05) is 23.4 Å². The summed E-state index contributed by atoms with van der Waals surface area (Å²) in [4.78, 5) is 24.5. The number of amides is 2. The number of urea groups is 1. The molecule has 4 rings (SSSR count). The number of fused-ring (bicyclic) bond motifs is 1. The second-order valence-electron chi connectivity index (χ2n) is 8.90. The van der Waals surface area contributed by atoms with Crippen molar-refractivity contribution in [2.45, 2.75) is 50.5 Å². The van der Waals surface area contributed by atoms with E-state index in [2.05, 4.69) is 5.32 Å². The number of sulfonamides is 1. The van der Waals surface area contributed by atoms with E-state index >= 15 is 0 Å². The van der Waals surface area contributed by atoms with Crippen molar-refractivity contribution in [1.82, 2.24) is 9.29 Å². The van der Waals surface area contributed by atoms with Crippen molar-refractivity contribution in [2.24, 2.45) is 0 Å². The van der Waals surface area contributed by atoms with E-state index in [1.165, 1.54) is 41.0 Å². The number of carbonyl (C=O) groups is 2. The summed E-state index contributed by atoms with van der Waals surface area (Å²) in [5.41, 5.74) is 3.03. The lowest BCUT2D eigenvalue weighted by atomic mass is 9.95. The zero-order valence-corrected chi connectivity index (χ0v) is 21.2. The summed E-state index contributed by atoms with van der Waals surface area (Å²) in [6, 6.07) is 10.9. The van der Waals surface area contributed by atoms with Crippen LogP contribution in [0.5, 0.6) is 11.8 Å². The largest absolute Gasteiger partial charge is 0.494 e. The lowest BCUT2D eigenvalue weighted by Gasteiger charge is -2.10. The molecular formula is C26H29N3O7S. The molecule has 1 aliphatic carbocycles. The summed E-state index contributed by atoms with van der Waals surface area (Å²) in [6.07, 6.45) is 3.84. The average Bonchev–Trinajstić information content (AvgIpc) is 3.11. The van der Waals surface area contributed by atoms with Crippen molar-refractivity contribution in [3.05, 3.63) is 70.8 Å². The topological polar surface area (TPSA) is 147 Å². The van der Waals surface area contributed by atoms with Crippen molar-refractivity contribution in [3.63, 3.8) is 0 Å². The fourth-order valence-electron chi connectivity index (χ4n) is 4.25. The van der Waals surface area contributed by atoms with E-state index < -0.39 is 22.0 Å². The third kappa shape index (κ3) is 6.05. The Morgan fingerprint density at radius 1 is 0.946 bits per heavy atom. The predicted molar refractivity (Wildman–Crippen MR) is 136 cm³/mol. The van der Waals surface area contributed by atoms with Crippen LogP contribution in [0.15, 0.2) is 53.4 Å². The number of carbonyl (C=O) groups excluding carboxylic acids is 2. The third-order valence-electron chi connectivity index (χ3n) is 6.22. The molecule has 1 aromatic heterocycles. The number of aromatic nitrogens is 1. The lowest BCUT2D eigenvalue weighted by Crippen LogP contribution is -2.34. The maximum Gasteiger partial charge on any atom is 0.338 e. The Hall–Kier alpha value is -3.99. The molecule has 196 valence electrons. The fraction of sp³-hybridized carbons (Fsp3) is 0.308. The molecule has 0 aliphatic heterocycles. The third-order valence-corrected chi connectivity index (χ3v) is 7.56. The Morgan fingerprint density at radius 3 is 2.14 bits per heavy atom. The van der Waals surface area contributed by atoms with Crippen LogP contribution in [-0.2, 0) is 34.1 Å². The number of hydrogen-bond acceptors (Lipinski definition) is 7. The van der Waals surface area contributed by atoms with Gasteiger partial charge in [0.15, 0.2) is 11.8 Å². The van der Waals surface area contributed by atoms with Crippen LogP contribution in [0.1, 0.15) is 46.3 Å². The molecule has 11 heteroatoms. The van der Waals surface area contributed by atoms with Crippen LogP contribution in [0.3, 0.4) is 0 Å². The lowest BCUT2D eigenvalue weighted by molar-refractivity contribution is 0.0495. The van der Waals surface area contributed by atoms with Crippen LogP contribution >= 0.6 is 0 Å². The maximum atomic E-state index is 12.3. The molecule has 10 nitrogen and oxygen atoms in total. The Morgan fingerprint density at radius 2 is 1.54 bits per heavy atom. The molecule has 1 aliphatic rings. The first-order valence-electron chi connectivity index (χ1n) is 12.0. The number of aromatic hydroxyl groups is 2. The summed E-state index contributed by atoms with van der Waals surface area (Å²) in [5.74, 6) is -0.409. The number of rotatable bonds is 8. The highest BCUT2D eigenvalue weighted by atomic mass is 32.2. The van der Waals surface area contributed by atoms with Gasteiger partial charge < -0.3 is 20.3 Å². The Kier molecular flexibility index (Phi) is 7.72. The number of aryl methyl sites for hydroxylation is 1. The molecule has 0 bridgehead atoms. The number of ether oxygens (including phenoxy) is 1. The van der Waals surface area contributed by atoms with Crippen molar-refractivity contribution < 1.29 is 33.0 Å². The highest BCUT2D eigenvalue weighted by Gasteiger charge is 2.24. The summed E-state index contributed by atoms with van der Waals surface area (Å²) in [5, 5.41) is 23.2. The molecule has 37 heavy (non-hydrogen) atoms. The van der Waals surface area contributed by atoms with Gasteiger partial charge in [-0.05, 0) is 75.4 Å². The quantitative estimate of drug-likeness (QED) is 0.257. The minimum atomic E-state index is -4.03. The van der Waals surface area contributed by atoms with E-state index in [-0.39, 0.29) is 34.5 Å². The van der Waals surface area contributed by atoms with E-state index in [0.29, 0.717) is 13.0 Å². The number of nitrogens with one attached hydrogen (secondary N) is 2. The molecule has 0 spiro atoms. The van der Waals surface area contributed by atoms with Crippen molar-refractivity contribution >= 4 is 27.7 Å². The first-order chi connectivity index (χ1) is 17.7. The zero-order valence-electron chi connectivity index (χ0n) is 20.4. The molecule has 2 amide bonds. The molecule has 0 atom stereocenters. The monoisotopic (exact) mass is 527 g/mol. The molecular weight excluding hydrogens is 498 g/mol. The predicted octanol–water partition coefficient (Wildman–Crippen LogP) is 3.84. The van der Waals surface area contributed by atoms with Crippen molar-refractivity contribution in [1.29, 1.82) is 0 Å². The van der Waals surface area contributed by atoms with Gasteiger partial charge in [-0.3, -0.25) is 4.57 Å². The fourth-order valence-corrected chi connectivity index (χ4v) is 5.16. The van der Waals surface area contributed by atoms with Crippen LogP contribution in [0, 0.1) is 6.92 Å². The number of nitrogens with zero attached hydrogens (tertiary/aromatic N) is 1. The Balaban J connectivity index is 1.25. The van der Waals surface area contributed by atoms with Crippen molar-refractivity contribution in [3.8, 4) is 11.8 Å². The molecule has 0 fully saturated rings. The van der Waals surface area contributed by atoms with Gasteiger partial charge in [0.25, 0.3) is 10.0 Å². The van der Waals surface area contributed by atoms with Crippen LogP contribution in [0.2, 0.25) is 0 Å². The maximum absolute atomic E-state index is 12.3. The van der Waals surface area contributed by atoms with E-state index in [4.69, 9.17) is 4.74 Å². The number of anilines is 1. The molecule has 0 unspecified atom stereocenters. The van der Waals surface area contributed by atoms with Crippen molar-refractivity contribution in [2.75, 3.05) is 11.9 Å². The summed E-state index contributed by atoms with van der Waals surface area (Å²) >= 11 is 0. The molecule has 4 N–H and O–H groups in total. The Labute approximate surface area is 214 Å². The van der Waals surface area contributed by atoms with E-state index in [1.54, 1.807) is 12.1 Å². The number of esters is 1. The average molecular weight is 528 g/mol. The number of hydrogen-bond donors (Lipinski definition) is 4. The zero-order chi connectivity index (χ0) is 26.6. The summed E-state index contributed by atoms with van der Waals surface area (Å²) in [6.45, 7) is 2.21. The van der Waals surface area contributed by atoms with Gasteiger partial charge in [-0.1, -0.05) is 17.7 Å². The first kappa shape index (κ1) is 26.1. The van der Waals surface area contributed by atoms with Gasteiger partial charge >= 0.3 is 12.0 Å². The highest BCUT2D eigenvalue weighted by Crippen LogP contribution is 2.38. The van der Waals surface area contributed by atoms with Crippen LogP contribution in [-0.4, -0.2) is 41.8 Å². The van der Waals surface area contributed by atoms with Crippen LogP contribution in [0.25, 0.3) is 0 Å². The Bertz CT molecular complexity index is 1370. The number of benzene rings is 2. The first-order valence-corrected chi connectivity index (χ1v) is 13.4. The summed E-state index contributed by atoms with van der Waals surface area (Å²) < 4.78 is 33.3. The minimum Gasteiger partial charge on any atom is -0.494 e. The SMILES string of the molecule is Cc1ccc(S(=O)(=O)NC(=O)Nc2ccc(C(=O)OCCCn3c(O)c4c(c3O)CCCC4)cc2)cc1. The molecule has 1 heterocycles. The van der Waals surface area contributed by atoms with Gasteiger partial charge in [-0.25, -0.2) is 22.7 Å². The van der Waals surface area contributed by atoms with Gasteiger partial charge in [0.05, 0.1) is 17.1 Å². The van der Waals surface area contributed by atoms with E-state index in [1.807, 2.05) is 11.6 Å². The van der Waals surface area contributed by atoms with Gasteiger partial charge in [-0.2, -0.15) is 0 Å². The summed E-state index contributed by atoms with van der Waals surface area (Å²) in [7, 11) is -4.03. The van der Waals surface area contributed by atoms with E-state index in [0.717, 1.165) is 42.4 Å². The molecule has 0 saturated carbocycles. The second kappa shape index (κ2) is 11.0. The minimum absolute atomic E-state index is 0.0341. The van der Waals surface area contributed by atoms with Crippen LogP contribution in [0.4, 0.5) is 10.5 Å². The van der Waals surface area contributed by atoms with Gasteiger partial charge in [0.2, 0.25) is 0 Å². The van der Waals surface area contributed by atoms with E-state index in [9.17, 15) is 28.2 Å². The second-order valence-corrected chi connectivity index (χ2v) is 10.6. The molecule has 2 aromatic carbocycles.